The number of rotatable bonds is 10. The lowest BCUT2D eigenvalue weighted by Crippen LogP contribution is -2.13. The van der Waals surface area contributed by atoms with E-state index in [4.69, 9.17) is 5.11 Å². The van der Waals surface area contributed by atoms with Gasteiger partial charge in [-0.15, -0.1) is 0 Å². The van der Waals surface area contributed by atoms with E-state index in [2.05, 4.69) is 37.2 Å². The van der Waals surface area contributed by atoms with Crippen LogP contribution in [0.3, 0.4) is 0 Å². The van der Waals surface area contributed by atoms with Crippen molar-refractivity contribution >= 4 is 12.2 Å². The summed E-state index contributed by atoms with van der Waals surface area (Å²) < 4.78 is 0. The van der Waals surface area contributed by atoms with Gasteiger partial charge in [0, 0.05) is 6.21 Å². The van der Waals surface area contributed by atoms with E-state index >= 15 is 0 Å². The second kappa shape index (κ2) is 10.8. The lowest BCUT2D eigenvalue weighted by molar-refractivity contribution is -0.137. The number of carbonyl (C=O) groups is 1. The number of carboxylic acid groups (broad SMARTS) is 1. The summed E-state index contributed by atoms with van der Waals surface area (Å²) in [5.74, 6) is -0.904. The van der Waals surface area contributed by atoms with Gasteiger partial charge in [0.2, 0.25) is 0 Å². The summed E-state index contributed by atoms with van der Waals surface area (Å²) >= 11 is 0. The van der Waals surface area contributed by atoms with Crippen molar-refractivity contribution < 1.29 is 9.90 Å². The van der Waals surface area contributed by atoms with Crippen LogP contribution in [0.15, 0.2) is 53.1 Å². The predicted molar refractivity (Wildman–Crippen MR) is 90.9 cm³/mol. The lowest BCUT2D eigenvalue weighted by Gasteiger charge is -2.01. The number of hydrogen-bond acceptors (Lipinski definition) is 2. The highest BCUT2D eigenvalue weighted by molar-refractivity contribution is 5.81. The SMILES string of the molecule is C=CC(=C)CCC=C(C)CCC=C(C)C=N[C@@H](C)C(=O)O. The second-order valence-electron chi connectivity index (χ2n) is 5.23. The molecule has 0 fully saturated rings. The molecule has 0 aromatic rings. The number of allylic oxidation sites excluding steroid dienone is 6. The van der Waals surface area contributed by atoms with Crippen LogP contribution in [0.25, 0.3) is 0 Å². The van der Waals surface area contributed by atoms with Gasteiger partial charge in [-0.1, -0.05) is 42.5 Å². The van der Waals surface area contributed by atoms with Gasteiger partial charge < -0.3 is 5.11 Å². The van der Waals surface area contributed by atoms with Gasteiger partial charge in [0.25, 0.3) is 0 Å². The van der Waals surface area contributed by atoms with E-state index in [0.29, 0.717) is 0 Å². The highest BCUT2D eigenvalue weighted by atomic mass is 16.4. The minimum Gasteiger partial charge on any atom is -0.480 e. The first-order chi connectivity index (χ1) is 9.86. The molecule has 0 bridgehead atoms. The molecule has 0 spiro atoms. The number of hydrogen-bond donors (Lipinski definition) is 1. The van der Waals surface area contributed by atoms with Gasteiger partial charge >= 0.3 is 5.97 Å². The van der Waals surface area contributed by atoms with E-state index in [1.54, 1.807) is 19.2 Å². The Hall–Kier alpha value is -1.90. The molecule has 0 aliphatic heterocycles. The predicted octanol–water partition coefficient (Wildman–Crippen LogP) is 4.73. The van der Waals surface area contributed by atoms with Crippen LogP contribution in [0.2, 0.25) is 0 Å². The molecule has 0 aliphatic rings. The van der Waals surface area contributed by atoms with Gasteiger partial charge in [0.15, 0.2) is 0 Å². The fourth-order valence-electron chi connectivity index (χ4n) is 1.58. The third-order valence-corrected chi connectivity index (χ3v) is 3.11. The standard InChI is InChI=1S/C18H27NO2/c1-6-14(2)9-7-10-15(3)11-8-12-16(4)13-19-17(5)18(20)21/h6,10,12-13,17H,1-2,7-9,11H2,3-5H3,(H,20,21)/t17-/m0/s1. The fourth-order valence-corrected chi connectivity index (χ4v) is 1.58. The maximum absolute atomic E-state index is 10.6. The molecule has 0 aromatic carbocycles. The molecule has 21 heavy (non-hydrogen) atoms. The molecule has 0 amide bonds. The zero-order valence-corrected chi connectivity index (χ0v) is 13.4. The molecule has 0 aliphatic carbocycles. The molecule has 3 heteroatoms. The molecule has 0 rings (SSSR count). The Morgan fingerprint density at radius 2 is 1.86 bits per heavy atom. The van der Waals surface area contributed by atoms with Crippen LogP contribution in [0.5, 0.6) is 0 Å². The van der Waals surface area contributed by atoms with Crippen molar-refractivity contribution in [3.8, 4) is 0 Å². The monoisotopic (exact) mass is 289 g/mol. The van der Waals surface area contributed by atoms with Crippen LogP contribution < -0.4 is 0 Å². The molecular weight excluding hydrogens is 262 g/mol. The van der Waals surface area contributed by atoms with E-state index in [1.807, 2.05) is 6.92 Å². The molecule has 116 valence electrons. The Morgan fingerprint density at radius 1 is 1.24 bits per heavy atom. The maximum atomic E-state index is 10.6. The van der Waals surface area contributed by atoms with Crippen molar-refractivity contribution in [2.45, 2.75) is 52.5 Å². The zero-order valence-electron chi connectivity index (χ0n) is 13.4. The van der Waals surface area contributed by atoms with Crippen LogP contribution in [0.1, 0.15) is 46.5 Å². The van der Waals surface area contributed by atoms with Gasteiger partial charge in [0.05, 0.1) is 0 Å². The second-order valence-corrected chi connectivity index (χ2v) is 5.23. The Labute approximate surface area is 128 Å². The minimum absolute atomic E-state index is 0.687. The third-order valence-electron chi connectivity index (χ3n) is 3.11. The quantitative estimate of drug-likeness (QED) is 0.359. The summed E-state index contributed by atoms with van der Waals surface area (Å²) in [7, 11) is 0. The van der Waals surface area contributed by atoms with Crippen molar-refractivity contribution in [3.63, 3.8) is 0 Å². The fraction of sp³-hybridized carbons (Fsp3) is 0.444. The maximum Gasteiger partial charge on any atom is 0.328 e. The summed E-state index contributed by atoms with van der Waals surface area (Å²) in [6, 6.07) is -0.687. The molecule has 0 aromatic heterocycles. The molecule has 0 radical (unpaired) electrons. The smallest absolute Gasteiger partial charge is 0.328 e. The molecule has 0 heterocycles. The van der Waals surface area contributed by atoms with Gasteiger partial charge in [-0.2, -0.15) is 0 Å². The van der Waals surface area contributed by atoms with E-state index < -0.39 is 12.0 Å². The van der Waals surface area contributed by atoms with Crippen molar-refractivity contribution in [1.82, 2.24) is 0 Å². The Kier molecular flexibility index (Phi) is 9.86. The van der Waals surface area contributed by atoms with Crippen LogP contribution in [-0.4, -0.2) is 23.3 Å². The first-order valence-corrected chi connectivity index (χ1v) is 7.25. The average Bonchev–Trinajstić information content (AvgIpc) is 2.44. The van der Waals surface area contributed by atoms with E-state index in [1.165, 1.54) is 5.57 Å². The van der Waals surface area contributed by atoms with Gasteiger partial charge in [-0.25, -0.2) is 4.79 Å². The summed E-state index contributed by atoms with van der Waals surface area (Å²) in [6.07, 6.45) is 11.6. The number of aliphatic imine (C=N–C) groups is 1. The third kappa shape index (κ3) is 10.5. The van der Waals surface area contributed by atoms with E-state index in [-0.39, 0.29) is 0 Å². The van der Waals surface area contributed by atoms with Crippen molar-refractivity contribution in [3.05, 3.63) is 48.1 Å². The van der Waals surface area contributed by atoms with Crippen molar-refractivity contribution in [2.75, 3.05) is 0 Å². The molecular formula is C18H27NO2. The number of carboxylic acids is 1. The minimum atomic E-state index is -0.904. The molecule has 0 saturated heterocycles. The largest absolute Gasteiger partial charge is 0.480 e. The van der Waals surface area contributed by atoms with Gasteiger partial charge in [-0.3, -0.25) is 4.99 Å². The van der Waals surface area contributed by atoms with Crippen molar-refractivity contribution in [1.29, 1.82) is 0 Å². The Morgan fingerprint density at radius 3 is 2.43 bits per heavy atom. The molecule has 1 N–H and O–H groups in total. The summed E-state index contributed by atoms with van der Waals surface area (Å²) in [6.45, 7) is 13.2. The normalized spacial score (nSPS) is 14.2. The van der Waals surface area contributed by atoms with Crippen LogP contribution >= 0.6 is 0 Å². The Balaban J connectivity index is 4.12. The highest BCUT2D eigenvalue weighted by Crippen LogP contribution is 2.10. The van der Waals surface area contributed by atoms with E-state index in [9.17, 15) is 4.79 Å². The van der Waals surface area contributed by atoms with Crippen LogP contribution in [-0.2, 0) is 4.79 Å². The van der Waals surface area contributed by atoms with E-state index in [0.717, 1.165) is 36.8 Å². The van der Waals surface area contributed by atoms with Gasteiger partial charge in [-0.05, 0) is 52.0 Å². The molecule has 0 unspecified atom stereocenters. The first-order valence-electron chi connectivity index (χ1n) is 7.25. The number of aliphatic carboxylic acids is 1. The van der Waals surface area contributed by atoms with Crippen LogP contribution in [0, 0.1) is 0 Å². The molecule has 1 atom stereocenters. The molecule has 0 saturated carbocycles. The van der Waals surface area contributed by atoms with Gasteiger partial charge in [0.1, 0.15) is 6.04 Å². The average molecular weight is 289 g/mol. The summed E-state index contributed by atoms with van der Waals surface area (Å²) in [5, 5.41) is 8.73. The topological polar surface area (TPSA) is 49.7 Å². The van der Waals surface area contributed by atoms with Crippen molar-refractivity contribution in [2.24, 2.45) is 4.99 Å². The van der Waals surface area contributed by atoms with Crippen LogP contribution in [0.4, 0.5) is 0 Å². The highest BCUT2D eigenvalue weighted by Gasteiger charge is 2.05. The zero-order chi connectivity index (χ0) is 16.3. The first kappa shape index (κ1) is 19.1. The summed E-state index contributed by atoms with van der Waals surface area (Å²) in [5.41, 5.74) is 3.42. The Bertz CT molecular complexity index is 456. The lowest BCUT2D eigenvalue weighted by atomic mass is 10.1. The number of nitrogens with zero attached hydrogens (tertiary/aromatic N) is 1. The molecule has 3 nitrogen and oxygen atoms in total. The summed E-state index contributed by atoms with van der Waals surface area (Å²) in [4.78, 5) is 14.6.